The van der Waals surface area contributed by atoms with Gasteiger partial charge in [-0.25, -0.2) is 4.98 Å². The van der Waals surface area contributed by atoms with Crippen LogP contribution in [0.4, 0.5) is 10.8 Å². The summed E-state index contributed by atoms with van der Waals surface area (Å²) in [5.41, 5.74) is 2.16. The summed E-state index contributed by atoms with van der Waals surface area (Å²) >= 11 is 1.37. The van der Waals surface area contributed by atoms with Gasteiger partial charge in [0, 0.05) is 18.8 Å². The summed E-state index contributed by atoms with van der Waals surface area (Å²) < 4.78 is 1.85. The molecule has 1 fully saturated rings. The fraction of sp³-hybridized carbons (Fsp3) is 0.400. The number of amides is 1. The Kier molecular flexibility index (Phi) is 5.38. The van der Waals surface area contributed by atoms with Crippen LogP contribution in [0.3, 0.4) is 0 Å². The maximum atomic E-state index is 12.8. The fourth-order valence-corrected chi connectivity index (χ4v) is 4.37. The highest BCUT2D eigenvalue weighted by molar-refractivity contribution is 7.22. The minimum atomic E-state index is -0.256. The SMILES string of the molecule is CCc1ccc(NC(=O)Cn2cnc3nc(N4CCCCC4)sc3c2=O)cc1. The van der Waals surface area contributed by atoms with E-state index in [2.05, 4.69) is 27.1 Å². The van der Waals surface area contributed by atoms with Crippen LogP contribution in [0.1, 0.15) is 31.7 Å². The molecule has 28 heavy (non-hydrogen) atoms. The zero-order valence-corrected chi connectivity index (χ0v) is 16.7. The number of hydrogen-bond donors (Lipinski definition) is 1. The number of aromatic nitrogens is 3. The molecule has 4 rings (SSSR count). The van der Waals surface area contributed by atoms with Gasteiger partial charge in [-0.15, -0.1) is 0 Å². The van der Waals surface area contributed by atoms with Crippen molar-refractivity contribution >= 4 is 38.4 Å². The summed E-state index contributed by atoms with van der Waals surface area (Å²) in [6.45, 7) is 3.94. The van der Waals surface area contributed by atoms with E-state index in [-0.39, 0.29) is 18.0 Å². The minimum absolute atomic E-state index is 0.0751. The number of hydrogen-bond acceptors (Lipinski definition) is 6. The van der Waals surface area contributed by atoms with Crippen molar-refractivity contribution in [3.8, 4) is 0 Å². The number of thiazole rings is 1. The first kappa shape index (κ1) is 18.6. The lowest BCUT2D eigenvalue weighted by atomic mass is 10.1. The highest BCUT2D eigenvalue weighted by Crippen LogP contribution is 2.27. The molecular weight excluding hydrogens is 374 g/mol. The first-order valence-corrected chi connectivity index (χ1v) is 10.5. The molecule has 1 N–H and O–H groups in total. The van der Waals surface area contributed by atoms with Gasteiger partial charge in [0.15, 0.2) is 10.8 Å². The molecule has 2 aromatic heterocycles. The summed E-state index contributed by atoms with van der Waals surface area (Å²) in [5.74, 6) is -0.256. The monoisotopic (exact) mass is 397 g/mol. The van der Waals surface area contributed by atoms with Gasteiger partial charge in [-0.05, 0) is 43.4 Å². The quantitative estimate of drug-likeness (QED) is 0.716. The fourth-order valence-electron chi connectivity index (χ4n) is 3.35. The number of benzene rings is 1. The van der Waals surface area contributed by atoms with Gasteiger partial charge in [-0.1, -0.05) is 30.4 Å². The number of carbonyl (C=O) groups excluding carboxylic acids is 1. The molecule has 0 spiro atoms. The predicted molar refractivity (Wildman–Crippen MR) is 112 cm³/mol. The number of fused-ring (bicyclic) bond motifs is 1. The molecule has 1 aliphatic heterocycles. The van der Waals surface area contributed by atoms with Crippen LogP contribution in [0.2, 0.25) is 0 Å². The Labute approximate surface area is 167 Å². The second-order valence-electron chi connectivity index (χ2n) is 6.97. The van der Waals surface area contributed by atoms with Crippen molar-refractivity contribution in [3.63, 3.8) is 0 Å². The highest BCUT2D eigenvalue weighted by atomic mass is 32.1. The highest BCUT2D eigenvalue weighted by Gasteiger charge is 2.18. The van der Waals surface area contributed by atoms with Gasteiger partial charge in [-0.3, -0.25) is 14.2 Å². The second kappa shape index (κ2) is 8.10. The minimum Gasteiger partial charge on any atom is -0.348 e. The van der Waals surface area contributed by atoms with E-state index in [1.807, 2.05) is 24.3 Å². The van der Waals surface area contributed by atoms with E-state index < -0.39 is 0 Å². The van der Waals surface area contributed by atoms with Crippen LogP contribution in [0.15, 0.2) is 35.4 Å². The number of piperidine rings is 1. The Morgan fingerprint density at radius 1 is 1.18 bits per heavy atom. The van der Waals surface area contributed by atoms with Crippen molar-refractivity contribution in [1.29, 1.82) is 0 Å². The van der Waals surface area contributed by atoms with Gasteiger partial charge < -0.3 is 10.2 Å². The summed E-state index contributed by atoms with van der Waals surface area (Å²) in [7, 11) is 0. The molecule has 7 nitrogen and oxygen atoms in total. The molecule has 1 aromatic carbocycles. The topological polar surface area (TPSA) is 80.1 Å². The Bertz CT molecular complexity index is 1030. The molecule has 0 saturated carbocycles. The number of carbonyl (C=O) groups is 1. The summed E-state index contributed by atoms with van der Waals surface area (Å²) in [4.78, 5) is 36.2. The zero-order valence-electron chi connectivity index (χ0n) is 15.9. The third-order valence-corrected chi connectivity index (χ3v) is 6.05. The van der Waals surface area contributed by atoms with E-state index in [9.17, 15) is 9.59 Å². The Morgan fingerprint density at radius 2 is 1.93 bits per heavy atom. The Balaban J connectivity index is 1.50. The Morgan fingerprint density at radius 3 is 2.64 bits per heavy atom. The molecule has 1 saturated heterocycles. The number of nitrogens with one attached hydrogen (secondary N) is 1. The zero-order chi connectivity index (χ0) is 19.5. The van der Waals surface area contributed by atoms with Gasteiger partial charge in [0.2, 0.25) is 5.91 Å². The van der Waals surface area contributed by atoms with Crippen molar-refractivity contribution in [2.45, 2.75) is 39.2 Å². The predicted octanol–water partition coefficient (Wildman–Crippen LogP) is 3.04. The number of rotatable bonds is 5. The maximum Gasteiger partial charge on any atom is 0.273 e. The summed E-state index contributed by atoms with van der Waals surface area (Å²) in [6, 6.07) is 7.70. The van der Waals surface area contributed by atoms with Crippen LogP contribution in [-0.2, 0) is 17.8 Å². The van der Waals surface area contributed by atoms with E-state index in [4.69, 9.17) is 0 Å². The van der Waals surface area contributed by atoms with Gasteiger partial charge >= 0.3 is 0 Å². The van der Waals surface area contributed by atoms with E-state index in [0.717, 1.165) is 43.2 Å². The molecule has 8 heteroatoms. The number of anilines is 2. The van der Waals surface area contributed by atoms with E-state index >= 15 is 0 Å². The summed E-state index contributed by atoms with van der Waals surface area (Å²) in [6.07, 6.45) is 5.89. The first-order chi connectivity index (χ1) is 13.6. The second-order valence-corrected chi connectivity index (χ2v) is 7.95. The average molecular weight is 398 g/mol. The molecule has 3 heterocycles. The number of nitrogens with zero attached hydrogens (tertiary/aromatic N) is 4. The lowest BCUT2D eigenvalue weighted by molar-refractivity contribution is -0.116. The third-order valence-electron chi connectivity index (χ3n) is 4.96. The number of aryl methyl sites for hydroxylation is 1. The average Bonchev–Trinajstić information content (AvgIpc) is 3.17. The van der Waals surface area contributed by atoms with Gasteiger partial charge in [0.1, 0.15) is 17.6 Å². The molecule has 0 bridgehead atoms. The molecule has 0 unspecified atom stereocenters. The third kappa shape index (κ3) is 3.91. The molecule has 0 radical (unpaired) electrons. The standard InChI is InChI=1S/C20H23N5O2S/c1-2-14-6-8-15(9-7-14)22-16(26)12-25-13-21-18-17(19(25)27)28-20(23-18)24-10-4-3-5-11-24/h6-9,13H,2-5,10-12H2,1H3,(H,22,26). The van der Waals surface area contributed by atoms with Gasteiger partial charge in [0.05, 0.1) is 0 Å². The van der Waals surface area contributed by atoms with Crippen molar-refractivity contribution in [2.75, 3.05) is 23.3 Å². The molecule has 1 amide bonds. The smallest absolute Gasteiger partial charge is 0.273 e. The van der Waals surface area contributed by atoms with Crippen LogP contribution in [0.25, 0.3) is 10.3 Å². The normalized spacial score (nSPS) is 14.4. The van der Waals surface area contributed by atoms with Crippen molar-refractivity contribution in [3.05, 3.63) is 46.5 Å². The molecular formula is C20H23N5O2S. The van der Waals surface area contributed by atoms with Crippen LogP contribution < -0.4 is 15.8 Å². The lowest BCUT2D eigenvalue weighted by Gasteiger charge is -2.25. The maximum absolute atomic E-state index is 12.8. The van der Waals surface area contributed by atoms with Crippen molar-refractivity contribution in [1.82, 2.24) is 14.5 Å². The summed E-state index contributed by atoms with van der Waals surface area (Å²) in [5, 5.41) is 3.67. The Hall–Kier alpha value is -2.74. The largest absolute Gasteiger partial charge is 0.348 e. The van der Waals surface area contributed by atoms with Crippen molar-refractivity contribution in [2.24, 2.45) is 0 Å². The van der Waals surface area contributed by atoms with Crippen LogP contribution in [0, 0.1) is 0 Å². The van der Waals surface area contributed by atoms with Crippen LogP contribution >= 0.6 is 11.3 Å². The van der Waals surface area contributed by atoms with E-state index in [0.29, 0.717) is 10.3 Å². The van der Waals surface area contributed by atoms with Crippen molar-refractivity contribution < 1.29 is 4.79 Å². The van der Waals surface area contributed by atoms with Gasteiger partial charge in [0.25, 0.3) is 5.56 Å². The first-order valence-electron chi connectivity index (χ1n) is 9.64. The molecule has 1 aliphatic rings. The molecule has 146 valence electrons. The van der Waals surface area contributed by atoms with Crippen LogP contribution in [-0.4, -0.2) is 33.5 Å². The molecule has 0 aliphatic carbocycles. The molecule has 0 atom stereocenters. The lowest BCUT2D eigenvalue weighted by Crippen LogP contribution is -2.29. The van der Waals surface area contributed by atoms with Gasteiger partial charge in [-0.2, -0.15) is 4.98 Å². The van der Waals surface area contributed by atoms with E-state index in [1.165, 1.54) is 34.2 Å². The van der Waals surface area contributed by atoms with E-state index in [1.54, 1.807) is 0 Å². The van der Waals surface area contributed by atoms with Crippen LogP contribution in [0.5, 0.6) is 0 Å². The molecule has 3 aromatic rings.